The van der Waals surface area contributed by atoms with Crippen LogP contribution in [0.2, 0.25) is 0 Å². The van der Waals surface area contributed by atoms with E-state index in [1.807, 2.05) is 31.4 Å². The van der Waals surface area contributed by atoms with Crippen LogP contribution in [-0.2, 0) is 4.74 Å². The highest BCUT2D eigenvalue weighted by Crippen LogP contribution is 2.27. The lowest BCUT2D eigenvalue weighted by atomic mass is 10.0. The van der Waals surface area contributed by atoms with Crippen LogP contribution in [0, 0.1) is 5.92 Å². The first-order chi connectivity index (χ1) is 13.8. The summed E-state index contributed by atoms with van der Waals surface area (Å²) in [5.74, 6) is 0.918. The Kier molecular flexibility index (Phi) is 4.77. The van der Waals surface area contributed by atoms with Crippen molar-refractivity contribution in [3.8, 4) is 22.9 Å². The molecule has 0 radical (unpaired) electrons. The van der Waals surface area contributed by atoms with Crippen LogP contribution in [0.1, 0.15) is 20.8 Å². The number of aromatic nitrogens is 3. The fourth-order valence-electron chi connectivity index (χ4n) is 3.13. The van der Waals surface area contributed by atoms with Crippen molar-refractivity contribution in [2.75, 3.05) is 19.7 Å². The number of phenolic OH excluding ortho intramolecular Hbond substituents is 1. The number of phenols is 1. The number of likely N-dealkylation sites (tertiary alicyclic amines) is 1. The van der Waals surface area contributed by atoms with Gasteiger partial charge in [-0.05, 0) is 45.0 Å². The van der Waals surface area contributed by atoms with Crippen molar-refractivity contribution in [3.63, 3.8) is 0 Å². The van der Waals surface area contributed by atoms with E-state index < -0.39 is 5.60 Å². The number of fused-ring (bicyclic) bond motifs is 1. The van der Waals surface area contributed by atoms with E-state index >= 15 is 0 Å². The largest absolute Gasteiger partial charge is 0.508 e. The molecular weight excluding hydrogens is 372 g/mol. The molecule has 0 bridgehead atoms. The van der Waals surface area contributed by atoms with Crippen LogP contribution in [0.5, 0.6) is 11.6 Å². The molecular formula is C21H24N4O4. The molecule has 4 rings (SSSR count). The standard InChI is InChI=1S/C21H24N4O4/c1-21(2,3)29-20(27)24-9-14(10-24)12-28-19-18-8-22-13-25(18)11-17(23-19)15-4-6-16(26)7-5-15/h4-8,11,13-14,26H,9-10,12H2,1-3H3. The zero-order valence-corrected chi connectivity index (χ0v) is 16.7. The zero-order chi connectivity index (χ0) is 20.6. The third-order valence-electron chi connectivity index (χ3n) is 4.60. The van der Waals surface area contributed by atoms with Crippen molar-refractivity contribution < 1.29 is 19.4 Å². The molecule has 8 nitrogen and oxygen atoms in total. The van der Waals surface area contributed by atoms with Crippen LogP contribution in [0.15, 0.2) is 43.0 Å². The molecule has 0 atom stereocenters. The van der Waals surface area contributed by atoms with Crippen LogP contribution in [0.25, 0.3) is 16.8 Å². The number of carbonyl (C=O) groups is 1. The number of ether oxygens (including phenoxy) is 2. The number of benzene rings is 1. The minimum Gasteiger partial charge on any atom is -0.508 e. The van der Waals surface area contributed by atoms with E-state index in [0.717, 1.165) is 16.8 Å². The Labute approximate surface area is 168 Å². The highest BCUT2D eigenvalue weighted by atomic mass is 16.6. The lowest BCUT2D eigenvalue weighted by Gasteiger charge is -2.39. The Hall–Kier alpha value is -3.29. The summed E-state index contributed by atoms with van der Waals surface area (Å²) in [7, 11) is 0. The van der Waals surface area contributed by atoms with Gasteiger partial charge in [-0.2, -0.15) is 0 Å². The molecule has 0 saturated carbocycles. The summed E-state index contributed by atoms with van der Waals surface area (Å²) >= 11 is 0. The number of nitrogens with zero attached hydrogens (tertiary/aromatic N) is 4. The first kappa shape index (κ1) is 19.0. The Morgan fingerprint density at radius 3 is 2.66 bits per heavy atom. The molecule has 0 unspecified atom stereocenters. The number of hydrogen-bond donors (Lipinski definition) is 1. The van der Waals surface area contributed by atoms with E-state index in [1.165, 1.54) is 0 Å². The van der Waals surface area contributed by atoms with Crippen molar-refractivity contribution >= 4 is 11.6 Å². The highest BCUT2D eigenvalue weighted by Gasteiger charge is 2.34. The lowest BCUT2D eigenvalue weighted by molar-refractivity contribution is -0.00799. The summed E-state index contributed by atoms with van der Waals surface area (Å²) in [5.41, 5.74) is 1.86. The van der Waals surface area contributed by atoms with Gasteiger partial charge in [-0.25, -0.2) is 14.8 Å². The van der Waals surface area contributed by atoms with E-state index in [9.17, 15) is 9.90 Å². The molecule has 8 heteroatoms. The molecule has 2 aromatic heterocycles. The second-order valence-corrected chi connectivity index (χ2v) is 8.23. The molecule has 29 heavy (non-hydrogen) atoms. The van der Waals surface area contributed by atoms with Gasteiger partial charge in [0, 0.05) is 30.8 Å². The van der Waals surface area contributed by atoms with Crippen LogP contribution in [0.4, 0.5) is 4.79 Å². The van der Waals surface area contributed by atoms with Crippen LogP contribution < -0.4 is 4.74 Å². The third kappa shape index (κ3) is 4.26. The monoisotopic (exact) mass is 396 g/mol. The van der Waals surface area contributed by atoms with Gasteiger partial charge in [0.1, 0.15) is 16.9 Å². The predicted molar refractivity (Wildman–Crippen MR) is 107 cm³/mol. The maximum atomic E-state index is 12.0. The second kappa shape index (κ2) is 7.27. The van der Waals surface area contributed by atoms with Gasteiger partial charge in [-0.3, -0.25) is 4.40 Å². The van der Waals surface area contributed by atoms with Gasteiger partial charge in [0.25, 0.3) is 0 Å². The van der Waals surface area contributed by atoms with E-state index in [1.54, 1.807) is 41.7 Å². The molecule has 152 valence electrons. The van der Waals surface area contributed by atoms with Gasteiger partial charge < -0.3 is 19.5 Å². The molecule has 1 aromatic carbocycles. The fraction of sp³-hybridized carbons (Fsp3) is 0.381. The van der Waals surface area contributed by atoms with Crippen molar-refractivity contribution in [3.05, 3.63) is 43.0 Å². The van der Waals surface area contributed by atoms with Gasteiger partial charge in [0.2, 0.25) is 5.88 Å². The summed E-state index contributed by atoms with van der Waals surface area (Å²) in [4.78, 5) is 22.5. The number of imidazole rings is 1. The molecule has 3 heterocycles. The quantitative estimate of drug-likeness (QED) is 0.728. The average molecular weight is 396 g/mol. The second-order valence-electron chi connectivity index (χ2n) is 8.23. The number of carbonyl (C=O) groups excluding carboxylic acids is 1. The Bertz CT molecular complexity index is 1020. The summed E-state index contributed by atoms with van der Waals surface area (Å²) < 4.78 is 13.2. The van der Waals surface area contributed by atoms with Gasteiger partial charge in [0.15, 0.2) is 0 Å². The topological polar surface area (TPSA) is 89.2 Å². The van der Waals surface area contributed by atoms with Gasteiger partial charge in [-0.15, -0.1) is 0 Å². The van der Waals surface area contributed by atoms with Crippen LogP contribution >= 0.6 is 0 Å². The lowest BCUT2D eigenvalue weighted by Crippen LogP contribution is -2.53. The van der Waals surface area contributed by atoms with Crippen molar-refractivity contribution in [1.82, 2.24) is 19.3 Å². The molecule has 0 spiro atoms. The Morgan fingerprint density at radius 2 is 1.97 bits per heavy atom. The molecule has 1 saturated heterocycles. The summed E-state index contributed by atoms with van der Waals surface area (Å²) in [5, 5.41) is 9.50. The summed E-state index contributed by atoms with van der Waals surface area (Å²) in [6.07, 6.45) is 4.98. The first-order valence-corrected chi connectivity index (χ1v) is 9.51. The molecule has 3 aromatic rings. The average Bonchev–Trinajstić information content (AvgIpc) is 3.08. The molecule has 1 amide bonds. The van der Waals surface area contributed by atoms with E-state index in [4.69, 9.17) is 9.47 Å². The normalized spacial score (nSPS) is 14.7. The first-order valence-electron chi connectivity index (χ1n) is 9.51. The van der Waals surface area contributed by atoms with Crippen molar-refractivity contribution in [2.24, 2.45) is 5.92 Å². The number of aromatic hydroxyl groups is 1. The highest BCUT2D eigenvalue weighted by molar-refractivity contribution is 5.69. The summed E-state index contributed by atoms with van der Waals surface area (Å²) in [6, 6.07) is 6.84. The number of rotatable bonds is 4. The number of hydrogen-bond acceptors (Lipinski definition) is 6. The Morgan fingerprint density at radius 1 is 1.24 bits per heavy atom. The predicted octanol–water partition coefficient (Wildman–Crippen LogP) is 3.35. The van der Waals surface area contributed by atoms with Crippen molar-refractivity contribution in [2.45, 2.75) is 26.4 Å². The SMILES string of the molecule is CC(C)(C)OC(=O)N1CC(COc2nc(-c3ccc(O)cc3)cn3cncc23)C1. The van der Waals surface area contributed by atoms with Crippen LogP contribution in [0.3, 0.4) is 0 Å². The van der Waals surface area contributed by atoms with E-state index in [2.05, 4.69) is 9.97 Å². The fourth-order valence-corrected chi connectivity index (χ4v) is 3.13. The third-order valence-corrected chi connectivity index (χ3v) is 4.60. The maximum absolute atomic E-state index is 12.0. The van der Waals surface area contributed by atoms with Gasteiger partial charge in [0.05, 0.1) is 24.8 Å². The smallest absolute Gasteiger partial charge is 0.410 e. The van der Waals surface area contributed by atoms with Gasteiger partial charge >= 0.3 is 6.09 Å². The molecule has 1 N–H and O–H groups in total. The molecule has 1 aliphatic heterocycles. The van der Waals surface area contributed by atoms with Gasteiger partial charge in [-0.1, -0.05) is 0 Å². The van der Waals surface area contributed by atoms with Crippen LogP contribution in [-0.4, -0.2) is 55.8 Å². The summed E-state index contributed by atoms with van der Waals surface area (Å²) in [6.45, 7) is 7.22. The van der Waals surface area contributed by atoms with Crippen molar-refractivity contribution in [1.29, 1.82) is 0 Å². The minimum absolute atomic E-state index is 0.202. The van der Waals surface area contributed by atoms with E-state index in [-0.39, 0.29) is 17.8 Å². The maximum Gasteiger partial charge on any atom is 0.410 e. The minimum atomic E-state index is -0.495. The molecule has 1 fully saturated rings. The molecule has 0 aliphatic carbocycles. The zero-order valence-electron chi connectivity index (χ0n) is 16.7. The Balaban J connectivity index is 1.43. The molecule has 1 aliphatic rings. The number of amides is 1. The van der Waals surface area contributed by atoms with E-state index in [0.29, 0.717) is 25.6 Å².